The summed E-state index contributed by atoms with van der Waals surface area (Å²) >= 11 is 0. The second-order valence-corrected chi connectivity index (χ2v) is 8.54. The number of carboxylic acid groups (broad SMARTS) is 1. The molecule has 3 aromatic rings. The van der Waals surface area contributed by atoms with Crippen LogP contribution in [0.5, 0.6) is 0 Å². The van der Waals surface area contributed by atoms with E-state index in [9.17, 15) is 19.5 Å². The van der Waals surface area contributed by atoms with E-state index in [1.807, 2.05) is 55.5 Å². The minimum absolute atomic E-state index is 0.0634. The Morgan fingerprint density at radius 3 is 2.42 bits per heavy atom. The lowest BCUT2D eigenvalue weighted by molar-refractivity contribution is -0.123. The van der Waals surface area contributed by atoms with Crippen LogP contribution in [0.2, 0.25) is 0 Å². The third-order valence-electron chi connectivity index (χ3n) is 5.87. The first kappa shape index (κ1) is 26.3. The number of anilines is 1. The Balaban J connectivity index is 1.86. The van der Waals surface area contributed by atoms with Crippen molar-refractivity contribution in [2.75, 3.05) is 4.90 Å². The number of Topliss-reactive ketones (excluding diaryl/α,β-unsaturated/α-hetero) is 1. The van der Waals surface area contributed by atoms with E-state index in [0.717, 1.165) is 22.8 Å². The highest BCUT2D eigenvalue weighted by Gasteiger charge is 2.22. The average molecular weight is 483 g/mol. The van der Waals surface area contributed by atoms with Gasteiger partial charge in [0.25, 0.3) is 0 Å². The fraction of sp³-hybridized carbons (Fsp3) is 0.200. The molecule has 0 aliphatic heterocycles. The van der Waals surface area contributed by atoms with Crippen LogP contribution >= 0.6 is 0 Å². The SMILES string of the molecule is CC/C(C)=C/C=C\N=C(C)C(=O)CC(=O)N(Cc1ccc2ccccc2c1)c1cccc(C(=O)O)c1. The molecular formula is C30H30N2O4. The number of allylic oxidation sites excluding steroid dienone is 3. The van der Waals surface area contributed by atoms with Crippen molar-refractivity contribution in [2.24, 2.45) is 4.99 Å². The van der Waals surface area contributed by atoms with E-state index in [4.69, 9.17) is 0 Å². The largest absolute Gasteiger partial charge is 0.478 e. The van der Waals surface area contributed by atoms with Crippen molar-refractivity contribution in [3.8, 4) is 0 Å². The van der Waals surface area contributed by atoms with Crippen molar-refractivity contribution in [1.82, 2.24) is 0 Å². The van der Waals surface area contributed by atoms with Gasteiger partial charge in [-0.25, -0.2) is 4.79 Å². The number of fused-ring (bicyclic) bond motifs is 1. The number of aromatic carboxylic acids is 1. The third-order valence-corrected chi connectivity index (χ3v) is 5.87. The summed E-state index contributed by atoms with van der Waals surface area (Å²) in [5.41, 5.74) is 2.76. The maximum atomic E-state index is 13.3. The summed E-state index contributed by atoms with van der Waals surface area (Å²) in [5, 5.41) is 11.5. The monoisotopic (exact) mass is 482 g/mol. The summed E-state index contributed by atoms with van der Waals surface area (Å²) in [4.78, 5) is 43.2. The Bertz CT molecular complexity index is 1370. The van der Waals surface area contributed by atoms with Crippen molar-refractivity contribution in [3.05, 3.63) is 102 Å². The second-order valence-electron chi connectivity index (χ2n) is 8.54. The zero-order valence-electron chi connectivity index (χ0n) is 20.8. The molecule has 0 radical (unpaired) electrons. The highest BCUT2D eigenvalue weighted by atomic mass is 16.4. The highest BCUT2D eigenvalue weighted by molar-refractivity contribution is 6.42. The van der Waals surface area contributed by atoms with Gasteiger partial charge in [-0.3, -0.25) is 14.6 Å². The molecule has 184 valence electrons. The van der Waals surface area contributed by atoms with Gasteiger partial charge in [-0.15, -0.1) is 0 Å². The minimum atomic E-state index is -1.09. The minimum Gasteiger partial charge on any atom is -0.478 e. The number of nitrogens with zero attached hydrogens (tertiary/aromatic N) is 2. The zero-order chi connectivity index (χ0) is 26.1. The lowest BCUT2D eigenvalue weighted by Crippen LogP contribution is -2.33. The predicted molar refractivity (Wildman–Crippen MR) is 144 cm³/mol. The Hall–Kier alpha value is -4.32. The smallest absolute Gasteiger partial charge is 0.335 e. The summed E-state index contributed by atoms with van der Waals surface area (Å²) in [6.45, 7) is 5.83. The summed E-state index contributed by atoms with van der Waals surface area (Å²) in [6.07, 6.45) is 5.78. The number of benzene rings is 3. The van der Waals surface area contributed by atoms with Gasteiger partial charge in [0.2, 0.25) is 5.91 Å². The molecule has 0 fully saturated rings. The first-order valence-electron chi connectivity index (χ1n) is 11.8. The van der Waals surface area contributed by atoms with Crippen LogP contribution in [0.1, 0.15) is 49.5 Å². The Labute approximate surface area is 211 Å². The molecule has 0 heterocycles. The van der Waals surface area contributed by atoms with Crippen molar-refractivity contribution in [2.45, 2.75) is 40.2 Å². The molecule has 6 nitrogen and oxygen atoms in total. The normalized spacial score (nSPS) is 12.2. The molecule has 3 aromatic carbocycles. The number of hydrogen-bond donors (Lipinski definition) is 1. The van der Waals surface area contributed by atoms with Crippen LogP contribution in [-0.4, -0.2) is 28.5 Å². The van der Waals surface area contributed by atoms with E-state index < -0.39 is 17.7 Å². The number of ketones is 1. The summed E-state index contributed by atoms with van der Waals surface area (Å²) < 4.78 is 0. The molecule has 0 aliphatic carbocycles. The zero-order valence-corrected chi connectivity index (χ0v) is 20.8. The first-order chi connectivity index (χ1) is 17.3. The number of carbonyl (C=O) groups is 3. The molecule has 0 saturated carbocycles. The van der Waals surface area contributed by atoms with E-state index in [-0.39, 0.29) is 24.2 Å². The third kappa shape index (κ3) is 7.09. The van der Waals surface area contributed by atoms with E-state index in [1.54, 1.807) is 31.3 Å². The van der Waals surface area contributed by atoms with Crippen LogP contribution < -0.4 is 4.90 Å². The van der Waals surface area contributed by atoms with Crippen molar-refractivity contribution >= 4 is 39.8 Å². The Morgan fingerprint density at radius 2 is 1.69 bits per heavy atom. The molecule has 0 saturated heterocycles. The maximum absolute atomic E-state index is 13.3. The number of carbonyl (C=O) groups excluding carboxylic acids is 2. The van der Waals surface area contributed by atoms with Crippen LogP contribution in [-0.2, 0) is 16.1 Å². The van der Waals surface area contributed by atoms with Gasteiger partial charge in [-0.05, 0) is 66.9 Å². The lowest BCUT2D eigenvalue weighted by Gasteiger charge is -2.23. The fourth-order valence-electron chi connectivity index (χ4n) is 3.56. The van der Waals surface area contributed by atoms with Gasteiger partial charge in [0, 0.05) is 11.9 Å². The summed E-state index contributed by atoms with van der Waals surface area (Å²) in [6, 6.07) is 20.0. The van der Waals surface area contributed by atoms with Gasteiger partial charge in [0.05, 0.1) is 24.2 Å². The maximum Gasteiger partial charge on any atom is 0.335 e. The summed E-state index contributed by atoms with van der Waals surface area (Å²) in [7, 11) is 0. The van der Waals surface area contributed by atoms with E-state index in [2.05, 4.69) is 11.9 Å². The van der Waals surface area contributed by atoms with Crippen LogP contribution in [0.15, 0.2) is 95.6 Å². The second kappa shape index (κ2) is 12.4. The molecule has 0 aromatic heterocycles. The van der Waals surface area contributed by atoms with Gasteiger partial charge in [-0.1, -0.05) is 61.0 Å². The fourth-order valence-corrected chi connectivity index (χ4v) is 3.56. The molecule has 0 spiro atoms. The molecule has 6 heteroatoms. The van der Waals surface area contributed by atoms with Gasteiger partial charge in [0.15, 0.2) is 5.78 Å². The molecule has 0 aliphatic rings. The van der Waals surface area contributed by atoms with Crippen LogP contribution in [0.4, 0.5) is 5.69 Å². The number of carboxylic acids is 1. The number of rotatable bonds is 10. The number of amides is 1. The molecule has 1 N–H and O–H groups in total. The predicted octanol–water partition coefficient (Wildman–Crippen LogP) is 6.36. The molecule has 0 unspecified atom stereocenters. The molecule has 0 atom stereocenters. The Kier molecular flexibility index (Phi) is 9.06. The quantitative estimate of drug-likeness (QED) is 0.207. The Morgan fingerprint density at radius 1 is 0.944 bits per heavy atom. The van der Waals surface area contributed by atoms with Crippen LogP contribution in [0.25, 0.3) is 10.8 Å². The average Bonchev–Trinajstić information content (AvgIpc) is 2.89. The van der Waals surface area contributed by atoms with E-state index in [1.165, 1.54) is 22.6 Å². The van der Waals surface area contributed by atoms with Crippen molar-refractivity contribution < 1.29 is 19.5 Å². The molecule has 1 amide bonds. The van der Waals surface area contributed by atoms with E-state index >= 15 is 0 Å². The van der Waals surface area contributed by atoms with Gasteiger partial charge < -0.3 is 10.0 Å². The summed E-state index contributed by atoms with van der Waals surface area (Å²) in [5.74, 6) is -1.91. The van der Waals surface area contributed by atoms with Crippen LogP contribution in [0.3, 0.4) is 0 Å². The highest BCUT2D eigenvalue weighted by Crippen LogP contribution is 2.23. The molecule has 3 rings (SSSR count). The molecule has 36 heavy (non-hydrogen) atoms. The molecule has 0 bridgehead atoms. The van der Waals surface area contributed by atoms with Gasteiger partial charge in [0.1, 0.15) is 0 Å². The van der Waals surface area contributed by atoms with Crippen LogP contribution in [0, 0.1) is 0 Å². The van der Waals surface area contributed by atoms with Crippen molar-refractivity contribution in [3.63, 3.8) is 0 Å². The topological polar surface area (TPSA) is 87.0 Å². The van der Waals surface area contributed by atoms with Gasteiger partial charge >= 0.3 is 5.97 Å². The van der Waals surface area contributed by atoms with E-state index in [0.29, 0.717) is 5.69 Å². The number of hydrogen-bond acceptors (Lipinski definition) is 4. The lowest BCUT2D eigenvalue weighted by atomic mass is 10.1. The standard InChI is InChI=1S/C30H30N2O4/c1-4-21(2)9-8-16-31-22(3)28(33)19-29(34)32(27-13-7-12-26(18-27)30(35)36)20-23-14-15-24-10-5-6-11-25(24)17-23/h5-18H,4,19-20H2,1-3H3,(H,35,36)/b16-8-,21-9+,31-22?. The number of aliphatic imine (C=N–C) groups is 1. The molecular weight excluding hydrogens is 452 g/mol. The van der Waals surface area contributed by atoms with Gasteiger partial charge in [-0.2, -0.15) is 0 Å². The first-order valence-corrected chi connectivity index (χ1v) is 11.8. The van der Waals surface area contributed by atoms with Crippen molar-refractivity contribution in [1.29, 1.82) is 0 Å².